The van der Waals surface area contributed by atoms with Gasteiger partial charge in [0, 0.05) is 39.3 Å². The summed E-state index contributed by atoms with van der Waals surface area (Å²) in [6.07, 6.45) is 0.352. The summed E-state index contributed by atoms with van der Waals surface area (Å²) in [5, 5.41) is 3.37. The number of piperazine rings is 1. The quantitative estimate of drug-likeness (QED) is 0.663. The fourth-order valence-electron chi connectivity index (χ4n) is 1.56. The molecule has 1 N–H and O–H groups in total. The van der Waals surface area contributed by atoms with E-state index in [-0.39, 0.29) is 0 Å². The van der Waals surface area contributed by atoms with Crippen molar-refractivity contribution in [3.8, 4) is 0 Å². The second-order valence-electron chi connectivity index (χ2n) is 3.59. The smallest absolute Gasteiger partial charge is 0.0670 e. The van der Waals surface area contributed by atoms with Crippen molar-refractivity contribution < 1.29 is 4.74 Å². The number of hydrogen-bond donors (Lipinski definition) is 1. The van der Waals surface area contributed by atoms with Gasteiger partial charge in [-0.05, 0) is 13.8 Å². The Morgan fingerprint density at radius 1 is 1.67 bits per heavy atom. The SMILES string of the molecule is COC(C)CN1CCNC[C@@H]1C. The van der Waals surface area contributed by atoms with E-state index in [1.54, 1.807) is 7.11 Å². The van der Waals surface area contributed by atoms with E-state index in [4.69, 9.17) is 4.74 Å². The Morgan fingerprint density at radius 3 is 3.00 bits per heavy atom. The highest BCUT2D eigenvalue weighted by atomic mass is 16.5. The Morgan fingerprint density at radius 2 is 2.42 bits per heavy atom. The Hall–Kier alpha value is -0.120. The topological polar surface area (TPSA) is 24.5 Å². The van der Waals surface area contributed by atoms with Gasteiger partial charge in [0.05, 0.1) is 6.10 Å². The van der Waals surface area contributed by atoms with Crippen LogP contribution < -0.4 is 5.32 Å². The molecule has 1 rings (SSSR count). The summed E-state index contributed by atoms with van der Waals surface area (Å²) in [6, 6.07) is 0.649. The number of nitrogens with zero attached hydrogens (tertiary/aromatic N) is 1. The molecule has 2 atom stereocenters. The molecule has 0 saturated carbocycles. The molecule has 3 nitrogen and oxygen atoms in total. The summed E-state index contributed by atoms with van der Waals surface area (Å²) in [7, 11) is 1.78. The van der Waals surface area contributed by atoms with Gasteiger partial charge in [0.1, 0.15) is 0 Å². The van der Waals surface area contributed by atoms with Crippen molar-refractivity contribution in [2.45, 2.75) is 26.0 Å². The van der Waals surface area contributed by atoms with Crippen molar-refractivity contribution in [2.24, 2.45) is 0 Å². The molecule has 0 amide bonds. The molecule has 0 spiro atoms. The van der Waals surface area contributed by atoms with Crippen molar-refractivity contribution in [2.75, 3.05) is 33.3 Å². The first-order valence-corrected chi connectivity index (χ1v) is 4.71. The highest BCUT2D eigenvalue weighted by molar-refractivity contribution is 4.77. The fourth-order valence-corrected chi connectivity index (χ4v) is 1.56. The minimum Gasteiger partial charge on any atom is -0.380 e. The maximum Gasteiger partial charge on any atom is 0.0670 e. The lowest BCUT2D eigenvalue weighted by Gasteiger charge is -2.35. The standard InChI is InChI=1S/C9H20N2O/c1-8-6-10-4-5-11(8)7-9(2)12-3/h8-10H,4-7H2,1-3H3/t8-,9?/m0/s1. The van der Waals surface area contributed by atoms with Crippen molar-refractivity contribution in [1.29, 1.82) is 0 Å². The molecule has 12 heavy (non-hydrogen) atoms. The Kier molecular flexibility index (Phi) is 3.98. The predicted molar refractivity (Wildman–Crippen MR) is 50.4 cm³/mol. The van der Waals surface area contributed by atoms with Crippen LogP contribution in [0.5, 0.6) is 0 Å². The van der Waals surface area contributed by atoms with Crippen LogP contribution in [0.2, 0.25) is 0 Å². The number of rotatable bonds is 3. The summed E-state index contributed by atoms with van der Waals surface area (Å²) in [4.78, 5) is 2.48. The average Bonchev–Trinajstić information content (AvgIpc) is 2.09. The van der Waals surface area contributed by atoms with Gasteiger partial charge in [-0.25, -0.2) is 0 Å². The van der Waals surface area contributed by atoms with Crippen LogP contribution in [0.25, 0.3) is 0 Å². The molecule has 0 radical (unpaired) electrons. The van der Waals surface area contributed by atoms with Gasteiger partial charge in [0.25, 0.3) is 0 Å². The minimum absolute atomic E-state index is 0.352. The average molecular weight is 172 g/mol. The van der Waals surface area contributed by atoms with Gasteiger partial charge in [-0.3, -0.25) is 4.90 Å². The van der Waals surface area contributed by atoms with E-state index in [0.717, 1.165) is 26.2 Å². The zero-order valence-corrected chi connectivity index (χ0v) is 8.34. The molecule has 0 aromatic carbocycles. The maximum absolute atomic E-state index is 5.24. The molecular formula is C9H20N2O. The summed E-state index contributed by atoms with van der Waals surface area (Å²) < 4.78 is 5.24. The molecule has 0 aromatic rings. The molecule has 0 aromatic heterocycles. The first-order valence-electron chi connectivity index (χ1n) is 4.71. The lowest BCUT2D eigenvalue weighted by atomic mass is 10.2. The summed E-state index contributed by atoms with van der Waals surface area (Å²) in [5.74, 6) is 0. The molecule has 0 aliphatic carbocycles. The summed E-state index contributed by atoms with van der Waals surface area (Å²) in [6.45, 7) is 8.80. The van der Waals surface area contributed by atoms with E-state index in [1.807, 2.05) is 0 Å². The van der Waals surface area contributed by atoms with Crippen LogP contribution in [-0.4, -0.2) is 50.3 Å². The third kappa shape index (κ3) is 2.73. The van der Waals surface area contributed by atoms with Gasteiger partial charge in [-0.2, -0.15) is 0 Å². The molecule has 1 aliphatic heterocycles. The van der Waals surface area contributed by atoms with E-state index >= 15 is 0 Å². The van der Waals surface area contributed by atoms with Crippen LogP contribution in [0.4, 0.5) is 0 Å². The first-order chi connectivity index (χ1) is 5.74. The molecule has 1 aliphatic rings. The number of methoxy groups -OCH3 is 1. The summed E-state index contributed by atoms with van der Waals surface area (Å²) >= 11 is 0. The minimum atomic E-state index is 0.352. The molecule has 1 unspecified atom stereocenters. The molecule has 0 bridgehead atoms. The van der Waals surface area contributed by atoms with Gasteiger partial charge in [-0.1, -0.05) is 0 Å². The molecule has 1 fully saturated rings. The zero-order valence-electron chi connectivity index (χ0n) is 8.34. The molecule has 1 saturated heterocycles. The van der Waals surface area contributed by atoms with Gasteiger partial charge < -0.3 is 10.1 Å². The number of hydrogen-bond acceptors (Lipinski definition) is 3. The third-order valence-corrected chi connectivity index (χ3v) is 2.53. The van der Waals surface area contributed by atoms with E-state index in [2.05, 4.69) is 24.1 Å². The first kappa shape index (κ1) is 9.96. The predicted octanol–water partition coefficient (Wildman–Crippen LogP) is 0.315. The van der Waals surface area contributed by atoms with E-state index in [9.17, 15) is 0 Å². The number of ether oxygens (including phenoxy) is 1. The van der Waals surface area contributed by atoms with Gasteiger partial charge in [0.15, 0.2) is 0 Å². The van der Waals surface area contributed by atoms with Crippen LogP contribution >= 0.6 is 0 Å². The fraction of sp³-hybridized carbons (Fsp3) is 1.00. The van der Waals surface area contributed by atoms with Crippen molar-refractivity contribution >= 4 is 0 Å². The Bertz CT molecular complexity index is 130. The van der Waals surface area contributed by atoms with Crippen molar-refractivity contribution in [3.05, 3.63) is 0 Å². The Balaban J connectivity index is 2.28. The van der Waals surface area contributed by atoms with E-state index < -0.39 is 0 Å². The maximum atomic E-state index is 5.24. The van der Waals surface area contributed by atoms with Gasteiger partial charge in [-0.15, -0.1) is 0 Å². The van der Waals surface area contributed by atoms with Crippen molar-refractivity contribution in [1.82, 2.24) is 10.2 Å². The Labute approximate surface area is 75.1 Å². The highest BCUT2D eigenvalue weighted by Crippen LogP contribution is 2.04. The van der Waals surface area contributed by atoms with E-state index in [0.29, 0.717) is 12.1 Å². The lowest BCUT2D eigenvalue weighted by Crippen LogP contribution is -2.51. The van der Waals surface area contributed by atoms with Crippen LogP contribution in [0.1, 0.15) is 13.8 Å². The second kappa shape index (κ2) is 4.80. The lowest BCUT2D eigenvalue weighted by molar-refractivity contribution is 0.0550. The molecule has 1 heterocycles. The van der Waals surface area contributed by atoms with Gasteiger partial charge >= 0.3 is 0 Å². The van der Waals surface area contributed by atoms with E-state index in [1.165, 1.54) is 0 Å². The summed E-state index contributed by atoms with van der Waals surface area (Å²) in [5.41, 5.74) is 0. The monoisotopic (exact) mass is 172 g/mol. The molecule has 72 valence electrons. The molecule has 3 heteroatoms. The number of nitrogens with one attached hydrogen (secondary N) is 1. The van der Waals surface area contributed by atoms with Crippen LogP contribution in [0.15, 0.2) is 0 Å². The van der Waals surface area contributed by atoms with Crippen LogP contribution in [0, 0.1) is 0 Å². The third-order valence-electron chi connectivity index (χ3n) is 2.53. The second-order valence-corrected chi connectivity index (χ2v) is 3.59. The van der Waals surface area contributed by atoms with Gasteiger partial charge in [0.2, 0.25) is 0 Å². The van der Waals surface area contributed by atoms with Crippen molar-refractivity contribution in [3.63, 3.8) is 0 Å². The molecular weight excluding hydrogens is 152 g/mol. The zero-order chi connectivity index (χ0) is 8.97. The van der Waals surface area contributed by atoms with Crippen LogP contribution in [0.3, 0.4) is 0 Å². The highest BCUT2D eigenvalue weighted by Gasteiger charge is 2.18. The van der Waals surface area contributed by atoms with Crippen LogP contribution in [-0.2, 0) is 4.74 Å². The largest absolute Gasteiger partial charge is 0.380 e. The normalized spacial score (nSPS) is 28.8.